The topological polar surface area (TPSA) is 58.1 Å². The van der Waals surface area contributed by atoms with Gasteiger partial charge in [0, 0.05) is 25.7 Å². The van der Waals surface area contributed by atoms with E-state index in [4.69, 9.17) is 12.2 Å². The number of aromatic nitrogens is 2. The molecule has 5 nitrogen and oxygen atoms in total. The molecule has 0 bridgehead atoms. The van der Waals surface area contributed by atoms with Crippen molar-refractivity contribution in [2.75, 3.05) is 7.05 Å². The van der Waals surface area contributed by atoms with Gasteiger partial charge in [0.1, 0.15) is 0 Å². The zero-order valence-electron chi connectivity index (χ0n) is 14.3. The summed E-state index contributed by atoms with van der Waals surface area (Å²) in [5.41, 5.74) is 1.04. The molecule has 24 heavy (non-hydrogen) atoms. The lowest BCUT2D eigenvalue weighted by Crippen LogP contribution is -2.42. The van der Waals surface area contributed by atoms with E-state index in [0.717, 1.165) is 6.42 Å². The first kappa shape index (κ1) is 16.9. The van der Waals surface area contributed by atoms with E-state index >= 15 is 0 Å². The Balaban J connectivity index is 1.97. The molecule has 1 saturated carbocycles. The standard InChI is InChI=1S/C18H23N3O2S/c1-11-6-4-5-7-15(11)20(2)16(22)12-8-9-13-14(10-12)19-18(24)21(3)17(13)23/h8-11,15H,4-7H2,1-3H3,(H,19,24). The molecule has 6 heteroatoms. The fraction of sp³-hybridized carbons (Fsp3) is 0.500. The first-order chi connectivity index (χ1) is 11.4. The van der Waals surface area contributed by atoms with Gasteiger partial charge in [-0.05, 0) is 49.2 Å². The highest BCUT2D eigenvalue weighted by Crippen LogP contribution is 2.28. The zero-order chi connectivity index (χ0) is 17.4. The van der Waals surface area contributed by atoms with Crippen LogP contribution in [0.1, 0.15) is 43.0 Å². The van der Waals surface area contributed by atoms with E-state index in [0.29, 0.717) is 27.2 Å². The van der Waals surface area contributed by atoms with Crippen molar-refractivity contribution in [3.8, 4) is 0 Å². The molecule has 0 spiro atoms. The Morgan fingerprint density at radius 2 is 2.04 bits per heavy atom. The SMILES string of the molecule is CC1CCCCC1N(C)C(=O)c1ccc2c(=O)n(C)c(=S)[nH]c2c1. The number of nitrogens with zero attached hydrogens (tertiary/aromatic N) is 2. The lowest BCUT2D eigenvalue weighted by molar-refractivity contribution is 0.0629. The second-order valence-electron chi connectivity index (χ2n) is 6.80. The van der Waals surface area contributed by atoms with E-state index in [1.165, 1.54) is 23.8 Å². The number of hydrogen-bond donors (Lipinski definition) is 1. The van der Waals surface area contributed by atoms with Gasteiger partial charge in [-0.1, -0.05) is 19.8 Å². The minimum Gasteiger partial charge on any atom is -0.338 e. The second kappa shape index (κ2) is 6.51. The van der Waals surface area contributed by atoms with Gasteiger partial charge in [0.25, 0.3) is 11.5 Å². The number of amides is 1. The molecular weight excluding hydrogens is 322 g/mol. The van der Waals surface area contributed by atoms with Crippen molar-refractivity contribution in [1.29, 1.82) is 0 Å². The molecule has 1 aromatic heterocycles. The van der Waals surface area contributed by atoms with Gasteiger partial charge in [0.2, 0.25) is 0 Å². The van der Waals surface area contributed by atoms with E-state index in [1.54, 1.807) is 25.2 Å². The molecule has 1 aromatic carbocycles. The van der Waals surface area contributed by atoms with Gasteiger partial charge in [-0.25, -0.2) is 0 Å². The zero-order valence-corrected chi connectivity index (χ0v) is 15.2. The molecule has 2 atom stereocenters. The fourth-order valence-electron chi connectivity index (χ4n) is 3.67. The summed E-state index contributed by atoms with van der Waals surface area (Å²) in [5, 5.41) is 0.538. The molecule has 1 N–H and O–H groups in total. The van der Waals surface area contributed by atoms with Crippen LogP contribution in [-0.2, 0) is 7.05 Å². The Hall–Kier alpha value is -1.95. The minimum atomic E-state index is -0.151. The highest BCUT2D eigenvalue weighted by Gasteiger charge is 2.28. The van der Waals surface area contributed by atoms with Gasteiger partial charge < -0.3 is 9.88 Å². The third-order valence-corrected chi connectivity index (χ3v) is 5.61. The Morgan fingerprint density at radius 1 is 1.33 bits per heavy atom. The lowest BCUT2D eigenvalue weighted by atomic mass is 9.85. The summed E-state index contributed by atoms with van der Waals surface area (Å²) in [5.74, 6) is 0.516. The molecule has 1 amide bonds. The quantitative estimate of drug-likeness (QED) is 0.850. The minimum absolute atomic E-state index is 0.00403. The Labute approximate surface area is 146 Å². The van der Waals surface area contributed by atoms with Crippen LogP contribution in [-0.4, -0.2) is 33.4 Å². The average molecular weight is 345 g/mol. The van der Waals surface area contributed by atoms with E-state index in [9.17, 15) is 9.59 Å². The summed E-state index contributed by atoms with van der Waals surface area (Å²) in [7, 11) is 3.52. The number of carbonyl (C=O) groups excluding carboxylic acids is 1. The van der Waals surface area contributed by atoms with Crippen LogP contribution in [0.25, 0.3) is 10.9 Å². The van der Waals surface area contributed by atoms with Crippen LogP contribution in [0.15, 0.2) is 23.0 Å². The predicted molar refractivity (Wildman–Crippen MR) is 97.9 cm³/mol. The first-order valence-corrected chi connectivity index (χ1v) is 8.81. The number of nitrogens with one attached hydrogen (secondary N) is 1. The van der Waals surface area contributed by atoms with E-state index in [1.807, 2.05) is 11.9 Å². The van der Waals surface area contributed by atoms with Crippen LogP contribution < -0.4 is 5.56 Å². The molecular formula is C18H23N3O2S. The van der Waals surface area contributed by atoms with Crippen LogP contribution in [0.4, 0.5) is 0 Å². The molecule has 0 saturated heterocycles. The molecule has 1 aliphatic rings. The van der Waals surface area contributed by atoms with Crippen molar-refractivity contribution in [3.63, 3.8) is 0 Å². The maximum atomic E-state index is 12.9. The molecule has 1 fully saturated rings. The monoisotopic (exact) mass is 345 g/mol. The highest BCUT2D eigenvalue weighted by atomic mass is 32.1. The van der Waals surface area contributed by atoms with Gasteiger partial charge in [0.15, 0.2) is 4.77 Å². The maximum absolute atomic E-state index is 12.9. The summed E-state index contributed by atoms with van der Waals surface area (Å²) in [4.78, 5) is 30.0. The number of rotatable bonds is 2. The first-order valence-electron chi connectivity index (χ1n) is 8.40. The predicted octanol–water partition coefficient (Wildman–Crippen LogP) is 3.25. The summed E-state index contributed by atoms with van der Waals surface area (Å²) < 4.78 is 1.75. The Kier molecular flexibility index (Phi) is 4.58. The fourth-order valence-corrected chi connectivity index (χ4v) is 3.86. The Bertz CT molecular complexity index is 899. The molecule has 128 valence electrons. The number of hydrogen-bond acceptors (Lipinski definition) is 3. The molecule has 2 unspecified atom stereocenters. The molecule has 2 aromatic rings. The number of H-pyrrole nitrogens is 1. The van der Waals surface area contributed by atoms with E-state index < -0.39 is 0 Å². The van der Waals surface area contributed by atoms with Crippen LogP contribution in [0, 0.1) is 10.7 Å². The molecule has 0 radical (unpaired) electrons. The number of carbonyl (C=O) groups is 1. The largest absolute Gasteiger partial charge is 0.338 e. The molecule has 0 aliphatic heterocycles. The van der Waals surface area contributed by atoms with E-state index in [2.05, 4.69) is 11.9 Å². The van der Waals surface area contributed by atoms with Gasteiger partial charge in [0.05, 0.1) is 10.9 Å². The van der Waals surface area contributed by atoms with Crippen LogP contribution >= 0.6 is 12.2 Å². The third kappa shape index (κ3) is 2.90. The normalized spacial score (nSPS) is 21.0. The van der Waals surface area contributed by atoms with Crippen molar-refractivity contribution in [1.82, 2.24) is 14.5 Å². The third-order valence-electron chi connectivity index (χ3n) is 5.23. The summed E-state index contributed by atoms with van der Waals surface area (Å²) in [6, 6.07) is 5.45. The summed E-state index contributed by atoms with van der Waals surface area (Å²) in [6.07, 6.45) is 4.64. The number of aromatic amines is 1. The smallest absolute Gasteiger partial charge is 0.261 e. The maximum Gasteiger partial charge on any atom is 0.261 e. The van der Waals surface area contributed by atoms with Crippen molar-refractivity contribution in [2.45, 2.75) is 38.6 Å². The summed E-state index contributed by atoms with van der Waals surface area (Å²) >= 11 is 5.16. The van der Waals surface area contributed by atoms with Crippen LogP contribution in [0.3, 0.4) is 0 Å². The van der Waals surface area contributed by atoms with Gasteiger partial charge in [-0.15, -0.1) is 0 Å². The Morgan fingerprint density at radius 3 is 2.75 bits per heavy atom. The number of fused-ring (bicyclic) bond motifs is 1. The van der Waals surface area contributed by atoms with Crippen molar-refractivity contribution >= 4 is 29.0 Å². The lowest BCUT2D eigenvalue weighted by Gasteiger charge is -2.36. The number of benzene rings is 1. The van der Waals surface area contributed by atoms with Crippen molar-refractivity contribution in [2.24, 2.45) is 13.0 Å². The highest BCUT2D eigenvalue weighted by molar-refractivity contribution is 7.71. The van der Waals surface area contributed by atoms with Crippen molar-refractivity contribution in [3.05, 3.63) is 38.9 Å². The van der Waals surface area contributed by atoms with Gasteiger partial charge in [-0.3, -0.25) is 14.2 Å². The van der Waals surface area contributed by atoms with Gasteiger partial charge in [-0.2, -0.15) is 0 Å². The average Bonchev–Trinajstić information content (AvgIpc) is 2.58. The van der Waals surface area contributed by atoms with E-state index in [-0.39, 0.29) is 17.5 Å². The molecule has 1 aliphatic carbocycles. The van der Waals surface area contributed by atoms with Crippen LogP contribution in [0.2, 0.25) is 0 Å². The van der Waals surface area contributed by atoms with Crippen molar-refractivity contribution < 1.29 is 4.79 Å². The van der Waals surface area contributed by atoms with Gasteiger partial charge >= 0.3 is 0 Å². The molecule has 1 heterocycles. The second-order valence-corrected chi connectivity index (χ2v) is 7.19. The molecule has 3 rings (SSSR count). The summed E-state index contributed by atoms with van der Waals surface area (Å²) in [6.45, 7) is 2.22. The van der Waals surface area contributed by atoms with Crippen LogP contribution in [0.5, 0.6) is 0 Å².